The van der Waals surface area contributed by atoms with Gasteiger partial charge in [-0.1, -0.05) is 6.92 Å². The van der Waals surface area contributed by atoms with Crippen molar-refractivity contribution in [3.05, 3.63) is 0 Å². The third-order valence-corrected chi connectivity index (χ3v) is 2.96. The van der Waals surface area contributed by atoms with Crippen LogP contribution in [0.5, 0.6) is 0 Å². The average molecular weight is 181 g/mol. The summed E-state index contributed by atoms with van der Waals surface area (Å²) < 4.78 is 0. The molecule has 3 nitrogen and oxygen atoms in total. The number of nitrogens with one attached hydrogen (secondary N) is 2. The van der Waals surface area contributed by atoms with Crippen molar-refractivity contribution in [2.24, 2.45) is 16.8 Å². The van der Waals surface area contributed by atoms with Crippen LogP contribution in [-0.2, 0) is 0 Å². The highest BCUT2D eigenvalue weighted by Crippen LogP contribution is 2.36. The Morgan fingerprint density at radius 3 is 3.15 bits per heavy atom. The van der Waals surface area contributed by atoms with E-state index >= 15 is 0 Å². The molecule has 74 valence electrons. The second kappa shape index (κ2) is 3.99. The first kappa shape index (κ1) is 8.85. The standard InChI is InChI=1S/C10H19N3/c1-8-6-9(8)7-13-10-11-4-2-3-5-12-10/h8-9H,2-7H2,1H3,(H2,11,12,13)/t8-,9+/m1/s1. The van der Waals surface area contributed by atoms with Crippen LogP contribution in [0.25, 0.3) is 0 Å². The Kier molecular flexibility index (Phi) is 2.71. The Bertz CT molecular complexity index is 200. The van der Waals surface area contributed by atoms with Gasteiger partial charge in [-0.25, -0.2) is 0 Å². The van der Waals surface area contributed by atoms with Crippen molar-refractivity contribution in [3.8, 4) is 0 Å². The molecule has 1 saturated carbocycles. The lowest BCUT2D eigenvalue weighted by atomic mass is 10.3. The van der Waals surface area contributed by atoms with Gasteiger partial charge in [0.2, 0.25) is 0 Å². The van der Waals surface area contributed by atoms with Crippen molar-refractivity contribution >= 4 is 5.96 Å². The monoisotopic (exact) mass is 181 g/mol. The van der Waals surface area contributed by atoms with Crippen LogP contribution in [0.1, 0.15) is 26.2 Å². The molecular formula is C10H19N3. The average Bonchev–Trinajstić information content (AvgIpc) is 2.85. The zero-order chi connectivity index (χ0) is 9.10. The van der Waals surface area contributed by atoms with Gasteiger partial charge in [-0.3, -0.25) is 4.99 Å². The third-order valence-electron chi connectivity index (χ3n) is 2.96. The van der Waals surface area contributed by atoms with Gasteiger partial charge < -0.3 is 10.6 Å². The lowest BCUT2D eigenvalue weighted by Gasteiger charge is -2.08. The van der Waals surface area contributed by atoms with E-state index in [4.69, 9.17) is 0 Å². The summed E-state index contributed by atoms with van der Waals surface area (Å²) in [5.41, 5.74) is 0. The summed E-state index contributed by atoms with van der Waals surface area (Å²) >= 11 is 0. The highest BCUT2D eigenvalue weighted by atomic mass is 15.2. The molecule has 1 heterocycles. The first-order valence-corrected chi connectivity index (χ1v) is 5.38. The summed E-state index contributed by atoms with van der Waals surface area (Å²) in [6.45, 7) is 5.48. The SMILES string of the molecule is C[C@@H]1C[C@H]1CNC1=NCCCCN1. The molecule has 1 aliphatic heterocycles. The van der Waals surface area contributed by atoms with Gasteiger partial charge in [-0.05, 0) is 31.1 Å². The topological polar surface area (TPSA) is 36.4 Å². The van der Waals surface area contributed by atoms with E-state index < -0.39 is 0 Å². The van der Waals surface area contributed by atoms with E-state index in [1.54, 1.807) is 0 Å². The highest BCUT2D eigenvalue weighted by Gasteiger charge is 2.32. The van der Waals surface area contributed by atoms with E-state index in [-0.39, 0.29) is 0 Å². The van der Waals surface area contributed by atoms with E-state index in [1.165, 1.54) is 19.3 Å². The van der Waals surface area contributed by atoms with Gasteiger partial charge in [-0.15, -0.1) is 0 Å². The van der Waals surface area contributed by atoms with E-state index in [2.05, 4.69) is 22.5 Å². The third kappa shape index (κ3) is 2.61. The van der Waals surface area contributed by atoms with Crippen LogP contribution in [0.2, 0.25) is 0 Å². The highest BCUT2D eigenvalue weighted by molar-refractivity contribution is 5.79. The van der Waals surface area contributed by atoms with Gasteiger partial charge in [0.05, 0.1) is 0 Å². The second-order valence-corrected chi connectivity index (χ2v) is 4.22. The van der Waals surface area contributed by atoms with E-state index in [1.807, 2.05) is 0 Å². The number of hydrogen-bond acceptors (Lipinski definition) is 3. The summed E-state index contributed by atoms with van der Waals surface area (Å²) in [5.74, 6) is 2.85. The molecule has 2 atom stereocenters. The quantitative estimate of drug-likeness (QED) is 0.666. The van der Waals surface area contributed by atoms with Crippen molar-refractivity contribution in [2.75, 3.05) is 19.6 Å². The molecule has 0 bridgehead atoms. The molecule has 3 heteroatoms. The molecular weight excluding hydrogens is 162 g/mol. The fourth-order valence-corrected chi connectivity index (χ4v) is 1.72. The molecule has 2 aliphatic rings. The number of rotatable bonds is 2. The van der Waals surface area contributed by atoms with E-state index in [0.29, 0.717) is 0 Å². The van der Waals surface area contributed by atoms with Crippen LogP contribution < -0.4 is 10.6 Å². The predicted molar refractivity (Wildman–Crippen MR) is 54.8 cm³/mol. The number of guanidine groups is 1. The van der Waals surface area contributed by atoms with Crippen molar-refractivity contribution in [3.63, 3.8) is 0 Å². The molecule has 1 aliphatic carbocycles. The van der Waals surface area contributed by atoms with Crippen LogP contribution in [0.4, 0.5) is 0 Å². The van der Waals surface area contributed by atoms with Crippen molar-refractivity contribution in [2.45, 2.75) is 26.2 Å². The van der Waals surface area contributed by atoms with E-state index in [9.17, 15) is 0 Å². The van der Waals surface area contributed by atoms with Crippen LogP contribution in [0.3, 0.4) is 0 Å². The van der Waals surface area contributed by atoms with Crippen LogP contribution >= 0.6 is 0 Å². The second-order valence-electron chi connectivity index (χ2n) is 4.22. The molecule has 0 aromatic heterocycles. The van der Waals surface area contributed by atoms with Crippen LogP contribution in [0.15, 0.2) is 4.99 Å². The van der Waals surface area contributed by atoms with Gasteiger partial charge in [0.25, 0.3) is 0 Å². The van der Waals surface area contributed by atoms with Crippen molar-refractivity contribution in [1.29, 1.82) is 0 Å². The first-order chi connectivity index (χ1) is 6.36. The van der Waals surface area contributed by atoms with Crippen LogP contribution in [-0.4, -0.2) is 25.6 Å². The number of nitrogens with zero attached hydrogens (tertiary/aromatic N) is 1. The number of aliphatic imine (C=N–C) groups is 1. The summed E-state index contributed by atoms with van der Waals surface area (Å²) in [4.78, 5) is 4.44. The van der Waals surface area contributed by atoms with Gasteiger partial charge in [0, 0.05) is 19.6 Å². The Balaban J connectivity index is 1.70. The molecule has 2 N–H and O–H groups in total. The van der Waals surface area contributed by atoms with Gasteiger partial charge >= 0.3 is 0 Å². The molecule has 2 rings (SSSR count). The largest absolute Gasteiger partial charge is 0.356 e. The zero-order valence-electron chi connectivity index (χ0n) is 8.34. The lowest BCUT2D eigenvalue weighted by molar-refractivity contribution is 0.693. The lowest BCUT2D eigenvalue weighted by Crippen LogP contribution is -2.38. The summed E-state index contributed by atoms with van der Waals surface area (Å²) in [5, 5.41) is 6.71. The Hall–Kier alpha value is -0.730. The molecule has 1 fully saturated rings. The Morgan fingerprint density at radius 2 is 2.38 bits per heavy atom. The maximum Gasteiger partial charge on any atom is 0.191 e. The molecule has 0 radical (unpaired) electrons. The minimum Gasteiger partial charge on any atom is -0.356 e. The Labute approximate surface area is 80.0 Å². The molecule has 0 spiro atoms. The number of hydrogen-bond donors (Lipinski definition) is 2. The molecule has 0 aromatic rings. The summed E-state index contributed by atoms with van der Waals surface area (Å²) in [6.07, 6.45) is 3.85. The molecule has 0 saturated heterocycles. The molecule has 13 heavy (non-hydrogen) atoms. The maximum atomic E-state index is 4.44. The Morgan fingerprint density at radius 1 is 1.54 bits per heavy atom. The smallest absolute Gasteiger partial charge is 0.191 e. The van der Waals surface area contributed by atoms with Crippen LogP contribution in [0, 0.1) is 11.8 Å². The fraction of sp³-hybridized carbons (Fsp3) is 0.900. The minimum atomic E-state index is 0.896. The molecule has 0 unspecified atom stereocenters. The van der Waals surface area contributed by atoms with E-state index in [0.717, 1.165) is 37.4 Å². The maximum absolute atomic E-state index is 4.44. The summed E-state index contributed by atoms with van der Waals surface area (Å²) in [6, 6.07) is 0. The van der Waals surface area contributed by atoms with Gasteiger partial charge in [-0.2, -0.15) is 0 Å². The minimum absolute atomic E-state index is 0.896. The fourth-order valence-electron chi connectivity index (χ4n) is 1.72. The normalized spacial score (nSPS) is 32.8. The zero-order valence-corrected chi connectivity index (χ0v) is 8.34. The molecule has 0 amide bonds. The van der Waals surface area contributed by atoms with Crippen molar-refractivity contribution < 1.29 is 0 Å². The van der Waals surface area contributed by atoms with Gasteiger partial charge in [0.1, 0.15) is 0 Å². The molecule has 0 aromatic carbocycles. The van der Waals surface area contributed by atoms with Crippen molar-refractivity contribution in [1.82, 2.24) is 10.6 Å². The first-order valence-electron chi connectivity index (χ1n) is 5.38. The van der Waals surface area contributed by atoms with Gasteiger partial charge in [0.15, 0.2) is 5.96 Å². The predicted octanol–water partition coefficient (Wildman–Crippen LogP) is 0.971. The summed E-state index contributed by atoms with van der Waals surface area (Å²) in [7, 11) is 0.